The molecule has 21 heavy (non-hydrogen) atoms. The summed E-state index contributed by atoms with van der Waals surface area (Å²) in [5, 5.41) is 0. The Kier molecular flexibility index (Phi) is 4.16. The first-order chi connectivity index (χ1) is 9.68. The minimum Gasteiger partial charge on any atom is -0.398 e. The summed E-state index contributed by atoms with van der Waals surface area (Å²) in [5.41, 5.74) is 4.08. The SMILES string of the molecule is CC1CC(C)CN(C(=O)c2ccc(N)c(C(F)(F)F)c2)C1. The third-order valence-electron chi connectivity index (χ3n) is 3.76. The Morgan fingerprint density at radius 1 is 1.24 bits per heavy atom. The van der Waals surface area contributed by atoms with Crippen molar-refractivity contribution in [2.45, 2.75) is 26.4 Å². The van der Waals surface area contributed by atoms with Crippen molar-refractivity contribution in [3.8, 4) is 0 Å². The molecule has 2 rings (SSSR count). The van der Waals surface area contributed by atoms with Gasteiger partial charge in [-0.1, -0.05) is 13.8 Å². The van der Waals surface area contributed by atoms with Gasteiger partial charge in [-0.25, -0.2) is 0 Å². The maximum absolute atomic E-state index is 12.9. The molecule has 0 radical (unpaired) electrons. The highest BCUT2D eigenvalue weighted by molar-refractivity contribution is 5.95. The van der Waals surface area contributed by atoms with E-state index >= 15 is 0 Å². The quantitative estimate of drug-likeness (QED) is 0.808. The average molecular weight is 300 g/mol. The van der Waals surface area contributed by atoms with Crippen molar-refractivity contribution in [1.82, 2.24) is 4.90 Å². The van der Waals surface area contributed by atoms with Crippen LogP contribution in [0.15, 0.2) is 18.2 Å². The van der Waals surface area contributed by atoms with Crippen LogP contribution in [0.3, 0.4) is 0 Å². The van der Waals surface area contributed by atoms with Crippen molar-refractivity contribution in [3.63, 3.8) is 0 Å². The summed E-state index contributed by atoms with van der Waals surface area (Å²) in [5.74, 6) is 0.348. The zero-order valence-electron chi connectivity index (χ0n) is 12.1. The highest BCUT2D eigenvalue weighted by Crippen LogP contribution is 2.34. The van der Waals surface area contributed by atoms with Gasteiger partial charge in [-0.05, 0) is 36.5 Å². The summed E-state index contributed by atoms with van der Waals surface area (Å²) in [4.78, 5) is 14.0. The van der Waals surface area contributed by atoms with Gasteiger partial charge in [0.05, 0.1) is 5.56 Å². The summed E-state index contributed by atoms with van der Waals surface area (Å²) in [6.45, 7) is 5.24. The van der Waals surface area contributed by atoms with Gasteiger partial charge in [0, 0.05) is 24.3 Å². The predicted molar refractivity (Wildman–Crippen MR) is 74.7 cm³/mol. The Morgan fingerprint density at radius 2 is 1.81 bits per heavy atom. The molecule has 0 aliphatic carbocycles. The van der Waals surface area contributed by atoms with Crippen LogP contribution in [-0.2, 0) is 6.18 Å². The first kappa shape index (κ1) is 15.7. The van der Waals surface area contributed by atoms with Gasteiger partial charge in [-0.2, -0.15) is 13.2 Å². The molecule has 0 spiro atoms. The van der Waals surface area contributed by atoms with E-state index in [9.17, 15) is 18.0 Å². The number of nitrogens with two attached hydrogens (primary N) is 1. The van der Waals surface area contributed by atoms with Crippen LogP contribution < -0.4 is 5.73 Å². The number of hydrogen-bond donors (Lipinski definition) is 1. The number of hydrogen-bond acceptors (Lipinski definition) is 2. The summed E-state index contributed by atoms with van der Waals surface area (Å²) in [6, 6.07) is 3.35. The Morgan fingerprint density at radius 3 is 2.33 bits per heavy atom. The van der Waals surface area contributed by atoms with Crippen molar-refractivity contribution in [2.24, 2.45) is 11.8 Å². The maximum Gasteiger partial charge on any atom is 0.418 e. The number of benzene rings is 1. The third kappa shape index (κ3) is 3.49. The van der Waals surface area contributed by atoms with Gasteiger partial charge in [-0.15, -0.1) is 0 Å². The van der Waals surface area contributed by atoms with Crippen LogP contribution in [0.1, 0.15) is 36.2 Å². The van der Waals surface area contributed by atoms with E-state index in [0.29, 0.717) is 24.9 Å². The second kappa shape index (κ2) is 5.58. The largest absolute Gasteiger partial charge is 0.418 e. The molecule has 0 aromatic heterocycles. The Hall–Kier alpha value is -1.72. The molecule has 1 aliphatic heterocycles. The number of nitrogen functional groups attached to an aromatic ring is 1. The summed E-state index contributed by atoms with van der Waals surface area (Å²) >= 11 is 0. The normalized spacial score (nSPS) is 23.2. The number of anilines is 1. The maximum atomic E-state index is 12.9. The van der Waals surface area contributed by atoms with E-state index < -0.39 is 11.7 Å². The van der Waals surface area contributed by atoms with Crippen LogP contribution in [0.4, 0.5) is 18.9 Å². The zero-order chi connectivity index (χ0) is 15.8. The number of piperidine rings is 1. The highest BCUT2D eigenvalue weighted by atomic mass is 19.4. The number of nitrogens with zero attached hydrogens (tertiary/aromatic N) is 1. The molecule has 2 unspecified atom stereocenters. The molecular formula is C15H19F3N2O. The van der Waals surface area contributed by atoms with Gasteiger partial charge in [0.2, 0.25) is 0 Å². The zero-order valence-corrected chi connectivity index (χ0v) is 12.1. The molecule has 3 nitrogen and oxygen atoms in total. The predicted octanol–water partition coefficient (Wildman–Crippen LogP) is 3.41. The van der Waals surface area contributed by atoms with Gasteiger partial charge in [0.15, 0.2) is 0 Å². The van der Waals surface area contributed by atoms with E-state index in [2.05, 4.69) is 0 Å². The molecule has 2 atom stereocenters. The molecule has 1 heterocycles. The van der Waals surface area contributed by atoms with Crippen molar-refractivity contribution in [3.05, 3.63) is 29.3 Å². The number of likely N-dealkylation sites (tertiary alicyclic amines) is 1. The smallest absolute Gasteiger partial charge is 0.398 e. The lowest BCUT2D eigenvalue weighted by Crippen LogP contribution is -2.42. The highest BCUT2D eigenvalue weighted by Gasteiger charge is 2.34. The molecule has 1 saturated heterocycles. The van der Waals surface area contributed by atoms with Crippen molar-refractivity contribution >= 4 is 11.6 Å². The minimum absolute atomic E-state index is 0.0397. The number of amides is 1. The van der Waals surface area contributed by atoms with Crippen LogP contribution in [0.2, 0.25) is 0 Å². The first-order valence-electron chi connectivity index (χ1n) is 6.94. The lowest BCUT2D eigenvalue weighted by atomic mass is 9.91. The van der Waals surface area contributed by atoms with Crippen molar-refractivity contribution in [1.29, 1.82) is 0 Å². The van der Waals surface area contributed by atoms with Crippen molar-refractivity contribution < 1.29 is 18.0 Å². The molecule has 0 bridgehead atoms. The van der Waals surface area contributed by atoms with E-state index in [1.807, 2.05) is 13.8 Å². The average Bonchev–Trinajstić information content (AvgIpc) is 2.36. The lowest BCUT2D eigenvalue weighted by molar-refractivity contribution is -0.136. The molecule has 0 saturated carbocycles. The van der Waals surface area contributed by atoms with Gasteiger partial charge >= 0.3 is 6.18 Å². The molecule has 6 heteroatoms. The minimum atomic E-state index is -4.55. The second-order valence-corrected chi connectivity index (χ2v) is 5.96. The fourth-order valence-electron chi connectivity index (χ4n) is 2.95. The van der Waals surface area contributed by atoms with Crippen LogP contribution in [0, 0.1) is 11.8 Å². The number of halogens is 3. The van der Waals surface area contributed by atoms with E-state index in [1.54, 1.807) is 4.90 Å². The monoisotopic (exact) mass is 300 g/mol. The van der Waals surface area contributed by atoms with Gasteiger partial charge in [-0.3, -0.25) is 4.79 Å². The van der Waals surface area contributed by atoms with E-state index in [-0.39, 0.29) is 17.2 Å². The summed E-state index contributed by atoms with van der Waals surface area (Å²) < 4.78 is 38.6. The number of carbonyl (C=O) groups excluding carboxylic acids is 1. The summed E-state index contributed by atoms with van der Waals surface area (Å²) in [6.07, 6.45) is -3.53. The fraction of sp³-hybridized carbons (Fsp3) is 0.533. The van der Waals surface area contributed by atoms with Crippen LogP contribution in [-0.4, -0.2) is 23.9 Å². The van der Waals surface area contributed by atoms with E-state index in [0.717, 1.165) is 18.6 Å². The first-order valence-corrected chi connectivity index (χ1v) is 6.94. The summed E-state index contributed by atoms with van der Waals surface area (Å²) in [7, 11) is 0. The number of alkyl halides is 3. The van der Waals surface area contributed by atoms with E-state index in [4.69, 9.17) is 5.73 Å². The molecule has 2 N–H and O–H groups in total. The van der Waals surface area contributed by atoms with Crippen molar-refractivity contribution in [2.75, 3.05) is 18.8 Å². The molecular weight excluding hydrogens is 281 g/mol. The second-order valence-electron chi connectivity index (χ2n) is 5.96. The molecule has 1 aromatic rings. The third-order valence-corrected chi connectivity index (χ3v) is 3.76. The molecule has 1 aliphatic rings. The van der Waals surface area contributed by atoms with Gasteiger partial charge in [0.25, 0.3) is 5.91 Å². The number of carbonyl (C=O) groups is 1. The van der Waals surface area contributed by atoms with Crippen LogP contribution in [0.5, 0.6) is 0 Å². The van der Waals surface area contributed by atoms with Gasteiger partial charge in [0.1, 0.15) is 0 Å². The molecule has 1 amide bonds. The topological polar surface area (TPSA) is 46.3 Å². The lowest BCUT2D eigenvalue weighted by Gasteiger charge is -2.35. The Labute approximate surface area is 121 Å². The van der Waals surface area contributed by atoms with Crippen LogP contribution >= 0.6 is 0 Å². The standard InChI is InChI=1S/C15H19F3N2O/c1-9-5-10(2)8-20(7-9)14(21)11-3-4-13(19)12(6-11)15(16,17)18/h3-4,6,9-10H,5,7-8,19H2,1-2H3. The number of rotatable bonds is 1. The molecule has 116 valence electrons. The Balaban J connectivity index is 2.27. The molecule has 1 aromatic carbocycles. The van der Waals surface area contributed by atoms with Crippen LogP contribution in [0.25, 0.3) is 0 Å². The molecule has 1 fully saturated rings. The van der Waals surface area contributed by atoms with Gasteiger partial charge < -0.3 is 10.6 Å². The Bertz CT molecular complexity index is 532. The van der Waals surface area contributed by atoms with E-state index in [1.165, 1.54) is 6.07 Å². The fourth-order valence-corrected chi connectivity index (χ4v) is 2.95.